The lowest BCUT2D eigenvalue weighted by atomic mass is 10.1. The van der Waals surface area contributed by atoms with Crippen LogP contribution in [0.1, 0.15) is 29.4 Å². The third kappa shape index (κ3) is 3.00. The van der Waals surface area contributed by atoms with E-state index in [0.717, 1.165) is 37.3 Å². The van der Waals surface area contributed by atoms with E-state index < -0.39 is 0 Å². The number of carbonyl (C=O) groups is 1. The topological polar surface area (TPSA) is 59.0 Å². The molecule has 1 aromatic heterocycles. The molecule has 116 valence electrons. The van der Waals surface area contributed by atoms with Gasteiger partial charge in [-0.25, -0.2) is 4.68 Å². The van der Waals surface area contributed by atoms with Gasteiger partial charge in [-0.1, -0.05) is 24.6 Å². The number of benzene rings is 1. The Hall–Kier alpha value is -1.85. The lowest BCUT2D eigenvalue weighted by Crippen LogP contribution is -2.36. The first kappa shape index (κ1) is 15.1. The number of rotatable bonds is 4. The second-order valence-corrected chi connectivity index (χ2v) is 5.85. The Labute approximate surface area is 134 Å². The SMILES string of the molecule is CCc1c(C(=O)NC2CCNC2)cnn1-c1cccc(Cl)c1. The molecule has 1 atom stereocenters. The lowest BCUT2D eigenvalue weighted by molar-refractivity contribution is 0.0939. The van der Waals surface area contributed by atoms with Gasteiger partial charge in [0.1, 0.15) is 0 Å². The summed E-state index contributed by atoms with van der Waals surface area (Å²) in [4.78, 5) is 12.5. The van der Waals surface area contributed by atoms with Gasteiger partial charge in [0.05, 0.1) is 23.1 Å². The van der Waals surface area contributed by atoms with E-state index in [4.69, 9.17) is 11.6 Å². The smallest absolute Gasteiger partial charge is 0.255 e. The Morgan fingerprint density at radius 1 is 1.55 bits per heavy atom. The van der Waals surface area contributed by atoms with Crippen molar-refractivity contribution in [2.24, 2.45) is 0 Å². The fraction of sp³-hybridized carbons (Fsp3) is 0.375. The summed E-state index contributed by atoms with van der Waals surface area (Å²) >= 11 is 6.05. The fourth-order valence-corrected chi connectivity index (χ4v) is 2.96. The summed E-state index contributed by atoms with van der Waals surface area (Å²) < 4.78 is 1.79. The first-order valence-corrected chi connectivity index (χ1v) is 7.91. The summed E-state index contributed by atoms with van der Waals surface area (Å²) in [5.41, 5.74) is 2.39. The van der Waals surface area contributed by atoms with Gasteiger partial charge in [-0.15, -0.1) is 0 Å². The Morgan fingerprint density at radius 2 is 2.41 bits per heavy atom. The Bertz CT molecular complexity index is 677. The van der Waals surface area contributed by atoms with E-state index in [9.17, 15) is 4.79 Å². The summed E-state index contributed by atoms with van der Waals surface area (Å²) in [5, 5.41) is 11.3. The molecule has 1 aliphatic rings. The number of aromatic nitrogens is 2. The number of carbonyl (C=O) groups excluding carboxylic acids is 1. The van der Waals surface area contributed by atoms with Crippen LogP contribution in [0.5, 0.6) is 0 Å². The molecule has 1 unspecified atom stereocenters. The zero-order valence-corrected chi connectivity index (χ0v) is 13.2. The van der Waals surface area contributed by atoms with Gasteiger partial charge in [0.15, 0.2) is 0 Å². The minimum atomic E-state index is -0.0566. The molecule has 1 amide bonds. The van der Waals surface area contributed by atoms with Crippen molar-refractivity contribution in [3.05, 3.63) is 46.7 Å². The molecule has 22 heavy (non-hydrogen) atoms. The Balaban J connectivity index is 1.88. The van der Waals surface area contributed by atoms with Crippen LogP contribution in [0.2, 0.25) is 5.02 Å². The van der Waals surface area contributed by atoms with Crippen LogP contribution in [0.15, 0.2) is 30.5 Å². The van der Waals surface area contributed by atoms with E-state index in [2.05, 4.69) is 15.7 Å². The minimum absolute atomic E-state index is 0.0566. The van der Waals surface area contributed by atoms with Crippen LogP contribution in [0.25, 0.3) is 5.69 Å². The number of nitrogens with one attached hydrogen (secondary N) is 2. The Kier molecular flexibility index (Phi) is 4.45. The molecule has 2 heterocycles. The number of amides is 1. The largest absolute Gasteiger partial charge is 0.348 e. The highest BCUT2D eigenvalue weighted by atomic mass is 35.5. The van der Waals surface area contributed by atoms with Crippen molar-refractivity contribution in [1.29, 1.82) is 0 Å². The summed E-state index contributed by atoms with van der Waals surface area (Å²) in [6.07, 6.45) is 3.32. The molecular formula is C16H19ClN4O. The average molecular weight is 319 g/mol. The molecule has 1 aromatic carbocycles. The summed E-state index contributed by atoms with van der Waals surface area (Å²) in [6.45, 7) is 3.80. The third-order valence-corrected chi connectivity index (χ3v) is 4.13. The van der Waals surface area contributed by atoms with Crippen LogP contribution in [0, 0.1) is 0 Å². The van der Waals surface area contributed by atoms with E-state index in [1.54, 1.807) is 10.9 Å². The third-order valence-electron chi connectivity index (χ3n) is 3.90. The van der Waals surface area contributed by atoms with Crippen LogP contribution < -0.4 is 10.6 Å². The molecule has 1 aliphatic heterocycles. The van der Waals surface area contributed by atoms with Gasteiger partial charge in [-0.3, -0.25) is 4.79 Å². The first-order chi connectivity index (χ1) is 10.7. The van der Waals surface area contributed by atoms with Gasteiger partial charge in [0.25, 0.3) is 5.91 Å². The molecular weight excluding hydrogens is 300 g/mol. The van der Waals surface area contributed by atoms with Crippen molar-refractivity contribution in [3.63, 3.8) is 0 Å². The van der Waals surface area contributed by atoms with E-state index in [1.807, 2.05) is 31.2 Å². The highest BCUT2D eigenvalue weighted by Crippen LogP contribution is 2.19. The molecule has 0 spiro atoms. The van der Waals surface area contributed by atoms with Crippen molar-refractivity contribution in [3.8, 4) is 5.69 Å². The number of nitrogens with zero attached hydrogens (tertiary/aromatic N) is 2. The summed E-state index contributed by atoms with van der Waals surface area (Å²) in [6, 6.07) is 7.67. The summed E-state index contributed by atoms with van der Waals surface area (Å²) in [7, 11) is 0. The number of halogens is 1. The van der Waals surface area contributed by atoms with Crippen molar-refractivity contribution in [2.75, 3.05) is 13.1 Å². The predicted molar refractivity (Wildman–Crippen MR) is 86.7 cm³/mol. The molecule has 3 rings (SSSR count). The molecule has 5 nitrogen and oxygen atoms in total. The van der Waals surface area contributed by atoms with Crippen LogP contribution in [-0.2, 0) is 6.42 Å². The van der Waals surface area contributed by atoms with Crippen LogP contribution >= 0.6 is 11.6 Å². The number of hydrogen-bond donors (Lipinski definition) is 2. The van der Waals surface area contributed by atoms with Crippen molar-refractivity contribution in [1.82, 2.24) is 20.4 Å². The second-order valence-electron chi connectivity index (χ2n) is 5.41. The molecule has 0 radical (unpaired) electrons. The van der Waals surface area contributed by atoms with Gasteiger partial charge in [-0.2, -0.15) is 5.10 Å². The Morgan fingerprint density at radius 3 is 3.09 bits per heavy atom. The van der Waals surface area contributed by atoms with Crippen molar-refractivity contribution in [2.45, 2.75) is 25.8 Å². The highest BCUT2D eigenvalue weighted by molar-refractivity contribution is 6.30. The number of hydrogen-bond acceptors (Lipinski definition) is 3. The van der Waals surface area contributed by atoms with E-state index in [-0.39, 0.29) is 11.9 Å². The van der Waals surface area contributed by atoms with E-state index >= 15 is 0 Å². The highest BCUT2D eigenvalue weighted by Gasteiger charge is 2.21. The molecule has 1 fully saturated rings. The van der Waals surface area contributed by atoms with Gasteiger partial charge in [-0.05, 0) is 37.6 Å². The van der Waals surface area contributed by atoms with Gasteiger partial charge >= 0.3 is 0 Å². The standard InChI is InChI=1S/C16H19ClN4O/c1-2-15-14(16(22)20-12-6-7-18-9-12)10-19-21(15)13-5-3-4-11(17)8-13/h3-5,8,10,12,18H,2,6-7,9H2,1H3,(H,20,22). The van der Waals surface area contributed by atoms with Gasteiger partial charge < -0.3 is 10.6 Å². The lowest BCUT2D eigenvalue weighted by Gasteiger charge is -2.12. The second kappa shape index (κ2) is 6.50. The zero-order chi connectivity index (χ0) is 15.5. The fourth-order valence-electron chi connectivity index (χ4n) is 2.78. The monoisotopic (exact) mass is 318 g/mol. The minimum Gasteiger partial charge on any atom is -0.348 e. The van der Waals surface area contributed by atoms with E-state index in [1.165, 1.54) is 0 Å². The van der Waals surface area contributed by atoms with Crippen LogP contribution in [0.3, 0.4) is 0 Å². The molecule has 1 saturated heterocycles. The molecule has 6 heteroatoms. The summed E-state index contributed by atoms with van der Waals surface area (Å²) in [5.74, 6) is -0.0566. The predicted octanol–water partition coefficient (Wildman–Crippen LogP) is 2.18. The molecule has 0 saturated carbocycles. The first-order valence-electron chi connectivity index (χ1n) is 7.53. The maximum atomic E-state index is 12.5. The molecule has 0 bridgehead atoms. The zero-order valence-electron chi connectivity index (χ0n) is 12.5. The molecule has 0 aliphatic carbocycles. The molecule has 2 aromatic rings. The van der Waals surface area contributed by atoms with Gasteiger partial charge in [0.2, 0.25) is 0 Å². The maximum Gasteiger partial charge on any atom is 0.255 e. The van der Waals surface area contributed by atoms with Crippen molar-refractivity contribution >= 4 is 17.5 Å². The molecule has 2 N–H and O–H groups in total. The van der Waals surface area contributed by atoms with Crippen molar-refractivity contribution < 1.29 is 4.79 Å². The van der Waals surface area contributed by atoms with Gasteiger partial charge in [0, 0.05) is 17.6 Å². The van der Waals surface area contributed by atoms with Crippen LogP contribution in [0.4, 0.5) is 0 Å². The van der Waals surface area contributed by atoms with Crippen LogP contribution in [-0.4, -0.2) is 34.8 Å². The van der Waals surface area contributed by atoms with E-state index in [0.29, 0.717) is 10.6 Å². The quantitative estimate of drug-likeness (QED) is 0.908. The maximum absolute atomic E-state index is 12.5. The normalized spacial score (nSPS) is 17.6. The average Bonchev–Trinajstić information content (AvgIpc) is 3.15.